The zero-order valence-electron chi connectivity index (χ0n) is 15.5. The van der Waals surface area contributed by atoms with Gasteiger partial charge in [0.2, 0.25) is 11.3 Å². The van der Waals surface area contributed by atoms with E-state index in [0.29, 0.717) is 12.1 Å². The number of hydrogen-bond donors (Lipinski definition) is 1. The van der Waals surface area contributed by atoms with Gasteiger partial charge in [-0.3, -0.25) is 4.79 Å². The number of alkyl halides is 9. The highest BCUT2D eigenvalue weighted by Crippen LogP contribution is 2.53. The Balaban J connectivity index is 2.62. The van der Waals surface area contributed by atoms with Gasteiger partial charge in [0.25, 0.3) is 0 Å². The lowest BCUT2D eigenvalue weighted by molar-refractivity contribution is -0.323. The molecule has 0 aliphatic carbocycles. The van der Waals surface area contributed by atoms with Crippen LogP contribution in [-0.2, 0) is 17.4 Å². The van der Waals surface area contributed by atoms with Crippen molar-refractivity contribution in [2.75, 3.05) is 12.4 Å². The molecule has 0 aliphatic heterocycles. The smallest absolute Gasteiger partial charge is 0.416 e. The number of hydrogen-bond acceptors (Lipinski definition) is 2. The van der Waals surface area contributed by atoms with Gasteiger partial charge < -0.3 is 10.1 Å². The van der Waals surface area contributed by atoms with Crippen LogP contribution in [0.2, 0.25) is 0 Å². The van der Waals surface area contributed by atoms with E-state index in [0.717, 1.165) is 19.2 Å². The van der Waals surface area contributed by atoms with Gasteiger partial charge in [0.05, 0.1) is 18.4 Å². The minimum atomic E-state index is -6.12. The Kier molecular flexibility index (Phi) is 6.53. The number of nitrogens with one attached hydrogen (secondary N) is 1. The van der Waals surface area contributed by atoms with Crippen molar-refractivity contribution in [2.45, 2.75) is 24.9 Å². The standard InChI is InChI=1S/C19H14F9NO2/c1-31-14-8-7-12(17(20,21)22)9-13(14)29-15(30)16(18(23,24)25,19(26,27)28)10-11-5-3-2-4-6-11/h2-9H,10H2,1H3,(H,29,30). The van der Waals surface area contributed by atoms with Crippen LogP contribution in [-0.4, -0.2) is 25.4 Å². The molecule has 0 bridgehead atoms. The number of rotatable bonds is 5. The van der Waals surface area contributed by atoms with Crippen molar-refractivity contribution in [3.05, 3.63) is 59.7 Å². The summed E-state index contributed by atoms with van der Waals surface area (Å²) in [4.78, 5) is 12.5. The average molecular weight is 459 g/mol. The van der Waals surface area contributed by atoms with Gasteiger partial charge in [-0.15, -0.1) is 0 Å². The molecule has 12 heteroatoms. The Morgan fingerprint density at radius 2 is 1.42 bits per heavy atom. The molecule has 31 heavy (non-hydrogen) atoms. The lowest BCUT2D eigenvalue weighted by Crippen LogP contribution is -2.59. The van der Waals surface area contributed by atoms with Crippen LogP contribution in [0.25, 0.3) is 0 Å². The van der Waals surface area contributed by atoms with E-state index in [1.807, 2.05) is 0 Å². The summed E-state index contributed by atoms with van der Waals surface area (Å²) in [6.45, 7) is 0. The Hall–Kier alpha value is -2.92. The monoisotopic (exact) mass is 459 g/mol. The van der Waals surface area contributed by atoms with Crippen molar-refractivity contribution in [1.29, 1.82) is 0 Å². The molecule has 0 heterocycles. The molecule has 0 spiro atoms. The van der Waals surface area contributed by atoms with E-state index in [9.17, 15) is 44.3 Å². The van der Waals surface area contributed by atoms with Crippen molar-refractivity contribution in [3.63, 3.8) is 0 Å². The predicted molar refractivity (Wildman–Crippen MR) is 91.3 cm³/mol. The molecule has 2 aromatic carbocycles. The van der Waals surface area contributed by atoms with Gasteiger partial charge in [-0.2, -0.15) is 39.5 Å². The van der Waals surface area contributed by atoms with Crippen LogP contribution in [0, 0.1) is 5.41 Å². The highest BCUT2D eigenvalue weighted by molar-refractivity contribution is 5.98. The van der Waals surface area contributed by atoms with Crippen molar-refractivity contribution in [1.82, 2.24) is 0 Å². The molecule has 0 saturated heterocycles. The van der Waals surface area contributed by atoms with Crippen molar-refractivity contribution < 1.29 is 49.0 Å². The van der Waals surface area contributed by atoms with E-state index in [1.54, 1.807) is 0 Å². The number of carbonyl (C=O) groups is 1. The summed E-state index contributed by atoms with van der Waals surface area (Å²) in [6.07, 6.45) is -19.0. The molecular weight excluding hydrogens is 445 g/mol. The van der Waals surface area contributed by atoms with E-state index in [2.05, 4.69) is 4.74 Å². The van der Waals surface area contributed by atoms with Crippen LogP contribution in [0.4, 0.5) is 45.2 Å². The van der Waals surface area contributed by atoms with E-state index in [1.165, 1.54) is 23.5 Å². The Bertz CT molecular complexity index is 905. The first-order valence-electron chi connectivity index (χ1n) is 8.37. The molecular formula is C19H14F9NO2. The average Bonchev–Trinajstić information content (AvgIpc) is 2.64. The predicted octanol–water partition coefficient (Wildman–Crippen LogP) is 6.01. The van der Waals surface area contributed by atoms with Gasteiger partial charge >= 0.3 is 18.5 Å². The molecule has 2 aromatic rings. The maximum Gasteiger partial charge on any atom is 0.416 e. The number of halogens is 9. The highest BCUT2D eigenvalue weighted by atomic mass is 19.4. The van der Waals surface area contributed by atoms with Gasteiger partial charge in [0.1, 0.15) is 5.75 Å². The lowest BCUT2D eigenvalue weighted by Gasteiger charge is -2.36. The molecule has 170 valence electrons. The first-order chi connectivity index (χ1) is 14.1. The fourth-order valence-electron chi connectivity index (χ4n) is 2.81. The minimum absolute atomic E-state index is 0.191. The first-order valence-corrected chi connectivity index (χ1v) is 8.37. The molecule has 2 rings (SSSR count). The first kappa shape index (κ1) is 24.4. The number of benzene rings is 2. The van der Waals surface area contributed by atoms with Crippen molar-refractivity contribution in [2.24, 2.45) is 5.41 Å². The second-order valence-electron chi connectivity index (χ2n) is 6.43. The van der Waals surface area contributed by atoms with E-state index in [4.69, 9.17) is 0 Å². The molecule has 0 saturated carbocycles. The molecule has 0 atom stereocenters. The minimum Gasteiger partial charge on any atom is -0.495 e. The third kappa shape index (κ3) is 4.88. The molecule has 0 radical (unpaired) electrons. The third-order valence-corrected chi connectivity index (χ3v) is 4.44. The summed E-state index contributed by atoms with van der Waals surface area (Å²) in [6, 6.07) is 6.99. The van der Waals surface area contributed by atoms with Crippen LogP contribution < -0.4 is 10.1 Å². The SMILES string of the molecule is COc1ccc(C(F)(F)F)cc1NC(=O)C(Cc1ccccc1)(C(F)(F)F)C(F)(F)F. The zero-order chi connectivity index (χ0) is 23.7. The summed E-state index contributed by atoms with van der Waals surface area (Å²) < 4.78 is 126. The number of methoxy groups -OCH3 is 1. The Morgan fingerprint density at radius 3 is 1.87 bits per heavy atom. The van der Waals surface area contributed by atoms with Crippen molar-refractivity contribution in [3.8, 4) is 5.75 Å². The highest BCUT2D eigenvalue weighted by Gasteiger charge is 2.75. The van der Waals surface area contributed by atoms with Crippen LogP contribution in [0.3, 0.4) is 0 Å². The summed E-state index contributed by atoms with van der Waals surface area (Å²) >= 11 is 0. The largest absolute Gasteiger partial charge is 0.495 e. The molecule has 1 N–H and O–H groups in total. The van der Waals surface area contributed by atoms with Crippen LogP contribution >= 0.6 is 0 Å². The van der Waals surface area contributed by atoms with E-state index >= 15 is 0 Å². The van der Waals surface area contributed by atoms with E-state index < -0.39 is 58.8 Å². The molecule has 1 amide bonds. The number of ether oxygens (including phenoxy) is 1. The second-order valence-corrected chi connectivity index (χ2v) is 6.43. The fourth-order valence-corrected chi connectivity index (χ4v) is 2.81. The van der Waals surface area contributed by atoms with Crippen LogP contribution in [0.5, 0.6) is 5.75 Å². The van der Waals surface area contributed by atoms with Gasteiger partial charge in [0, 0.05) is 6.42 Å². The molecule has 0 fully saturated rings. The van der Waals surface area contributed by atoms with Gasteiger partial charge in [-0.25, -0.2) is 0 Å². The summed E-state index contributed by atoms with van der Waals surface area (Å²) in [5.41, 5.74) is -7.78. The quantitative estimate of drug-likeness (QED) is 0.557. The van der Waals surface area contributed by atoms with Gasteiger partial charge in [-0.1, -0.05) is 30.3 Å². The van der Waals surface area contributed by atoms with Gasteiger partial charge in [-0.05, 0) is 23.8 Å². The zero-order valence-corrected chi connectivity index (χ0v) is 15.5. The van der Waals surface area contributed by atoms with Crippen LogP contribution in [0.15, 0.2) is 48.5 Å². The van der Waals surface area contributed by atoms with Crippen molar-refractivity contribution >= 4 is 11.6 Å². The normalized spacial score (nSPS) is 13.1. The number of anilines is 1. The second kappa shape index (κ2) is 8.31. The molecule has 0 aliphatic rings. The molecule has 0 unspecified atom stereocenters. The third-order valence-electron chi connectivity index (χ3n) is 4.44. The Labute approximate surface area is 169 Å². The summed E-state index contributed by atoms with van der Waals surface area (Å²) in [5, 5.41) is 1.34. The number of carbonyl (C=O) groups excluding carboxylic acids is 1. The van der Waals surface area contributed by atoms with Gasteiger partial charge in [0.15, 0.2) is 0 Å². The Morgan fingerprint density at radius 1 is 0.871 bits per heavy atom. The topological polar surface area (TPSA) is 38.3 Å². The van der Waals surface area contributed by atoms with Crippen LogP contribution in [0.1, 0.15) is 11.1 Å². The van der Waals surface area contributed by atoms with E-state index in [-0.39, 0.29) is 6.07 Å². The fraction of sp³-hybridized carbons (Fsp3) is 0.316. The number of amides is 1. The summed E-state index contributed by atoms with van der Waals surface area (Å²) in [5.74, 6) is -3.15. The lowest BCUT2D eigenvalue weighted by atomic mass is 9.78. The maximum atomic E-state index is 13.8. The maximum absolute atomic E-state index is 13.8. The molecule has 0 aromatic heterocycles. The summed E-state index contributed by atoms with van der Waals surface area (Å²) in [7, 11) is 0.920. The molecule has 3 nitrogen and oxygen atoms in total.